The molecule has 2 rings (SSSR count). The third-order valence-corrected chi connectivity index (χ3v) is 5.49. The van der Waals surface area contributed by atoms with E-state index in [1.165, 1.54) is 23.8 Å². The topological polar surface area (TPSA) is 115 Å². The summed E-state index contributed by atoms with van der Waals surface area (Å²) in [5.41, 5.74) is 1.26. The van der Waals surface area contributed by atoms with Crippen molar-refractivity contribution in [3.05, 3.63) is 22.5 Å². The average Bonchev–Trinajstić information content (AvgIpc) is 2.99. The van der Waals surface area contributed by atoms with Crippen LogP contribution >= 0.6 is 11.8 Å². The van der Waals surface area contributed by atoms with Crippen LogP contribution in [0.4, 0.5) is 0 Å². The number of ether oxygens (including phenoxy) is 3. The maximum Gasteiger partial charge on any atom is 0.355 e. The van der Waals surface area contributed by atoms with E-state index < -0.39 is 23.8 Å². The van der Waals surface area contributed by atoms with Crippen LogP contribution in [0.3, 0.4) is 0 Å². The number of aromatic amines is 1. The molecule has 1 aromatic heterocycles. The van der Waals surface area contributed by atoms with Gasteiger partial charge in [-0.1, -0.05) is 0 Å². The molecule has 0 bridgehead atoms. The van der Waals surface area contributed by atoms with Gasteiger partial charge < -0.3 is 24.1 Å². The number of nitrogens with zero attached hydrogens (tertiary/aromatic N) is 1. The van der Waals surface area contributed by atoms with Crippen LogP contribution in [-0.2, 0) is 23.8 Å². The van der Waals surface area contributed by atoms with E-state index >= 15 is 0 Å². The maximum atomic E-state index is 12.4. The summed E-state index contributed by atoms with van der Waals surface area (Å²) in [5.74, 6) is -1.44. The quantitative estimate of drug-likeness (QED) is 0.545. The van der Waals surface area contributed by atoms with Gasteiger partial charge in [-0.3, -0.25) is 9.59 Å². The van der Waals surface area contributed by atoms with Crippen LogP contribution < -0.4 is 0 Å². The van der Waals surface area contributed by atoms with Gasteiger partial charge in [0.2, 0.25) is 0 Å². The summed E-state index contributed by atoms with van der Waals surface area (Å²) in [4.78, 5) is 52.7. The first-order chi connectivity index (χ1) is 13.3. The molecule has 0 aromatic carbocycles. The second-order valence-corrected chi connectivity index (χ2v) is 7.45. The summed E-state index contributed by atoms with van der Waals surface area (Å²) in [6.07, 6.45) is 0. The molecule has 1 fully saturated rings. The van der Waals surface area contributed by atoms with Crippen molar-refractivity contribution in [2.45, 2.75) is 26.0 Å². The third-order valence-electron chi connectivity index (χ3n) is 4.33. The number of rotatable bonds is 6. The van der Waals surface area contributed by atoms with Crippen molar-refractivity contribution in [3.63, 3.8) is 0 Å². The van der Waals surface area contributed by atoms with Gasteiger partial charge in [0.15, 0.2) is 6.61 Å². The van der Waals surface area contributed by atoms with E-state index in [9.17, 15) is 19.2 Å². The highest BCUT2D eigenvalue weighted by atomic mass is 32.2. The molecule has 154 valence electrons. The van der Waals surface area contributed by atoms with Crippen molar-refractivity contribution in [3.8, 4) is 0 Å². The molecule has 9 nitrogen and oxygen atoms in total. The predicted molar refractivity (Wildman–Crippen MR) is 101 cm³/mol. The summed E-state index contributed by atoms with van der Waals surface area (Å²) in [7, 11) is 1.30. The zero-order valence-corrected chi connectivity index (χ0v) is 17.1. The summed E-state index contributed by atoms with van der Waals surface area (Å²) in [6.45, 7) is 5.37. The van der Waals surface area contributed by atoms with Crippen molar-refractivity contribution in [1.29, 1.82) is 0 Å². The van der Waals surface area contributed by atoms with Crippen LogP contribution in [0.2, 0.25) is 0 Å². The number of H-pyrrole nitrogens is 1. The molecule has 2 heterocycles. The normalized spacial score (nSPS) is 16.4. The number of amides is 1. The number of aryl methyl sites for hydroxylation is 1. The van der Waals surface area contributed by atoms with Crippen molar-refractivity contribution in [1.82, 2.24) is 9.88 Å². The van der Waals surface area contributed by atoms with Crippen LogP contribution in [0.25, 0.3) is 0 Å². The summed E-state index contributed by atoms with van der Waals surface area (Å²) in [5, 5.41) is -0.445. The van der Waals surface area contributed by atoms with Gasteiger partial charge in [-0.15, -0.1) is 11.8 Å². The van der Waals surface area contributed by atoms with E-state index in [2.05, 4.69) is 4.98 Å². The lowest BCUT2D eigenvalue weighted by atomic mass is 10.1. The Morgan fingerprint density at radius 3 is 2.54 bits per heavy atom. The molecule has 10 heteroatoms. The first kappa shape index (κ1) is 21.8. The second-order valence-electron chi connectivity index (χ2n) is 6.14. The lowest BCUT2D eigenvalue weighted by Crippen LogP contribution is -2.46. The summed E-state index contributed by atoms with van der Waals surface area (Å²) in [6, 6.07) is 0. The molecule has 28 heavy (non-hydrogen) atoms. The first-order valence-electron chi connectivity index (χ1n) is 8.80. The second kappa shape index (κ2) is 9.63. The average molecular weight is 412 g/mol. The van der Waals surface area contributed by atoms with Crippen LogP contribution in [0.1, 0.15) is 39.0 Å². The van der Waals surface area contributed by atoms with Crippen LogP contribution in [0.15, 0.2) is 0 Å². The van der Waals surface area contributed by atoms with Crippen LogP contribution in [0, 0.1) is 13.8 Å². The molecule has 1 amide bonds. The van der Waals surface area contributed by atoms with Gasteiger partial charge in [-0.25, -0.2) is 9.59 Å². The number of esters is 3. The molecular formula is C18H24N2O7S. The zero-order valence-electron chi connectivity index (χ0n) is 16.3. The zero-order chi connectivity index (χ0) is 20.8. The van der Waals surface area contributed by atoms with E-state index in [0.29, 0.717) is 23.6 Å². The minimum atomic E-state index is -0.703. The van der Waals surface area contributed by atoms with Gasteiger partial charge in [0.05, 0.1) is 19.3 Å². The number of hydrogen-bond donors (Lipinski definition) is 1. The predicted octanol–water partition coefficient (Wildman–Crippen LogP) is 1.08. The Balaban J connectivity index is 1.99. The fourth-order valence-electron chi connectivity index (χ4n) is 2.90. The monoisotopic (exact) mass is 412 g/mol. The van der Waals surface area contributed by atoms with E-state index in [1.54, 1.807) is 20.8 Å². The number of thioether (sulfide) groups is 1. The molecule has 1 saturated heterocycles. The molecule has 0 saturated carbocycles. The molecule has 0 unspecified atom stereocenters. The summed E-state index contributed by atoms with van der Waals surface area (Å²) < 4.78 is 14.8. The Hall–Kier alpha value is -2.49. The fraction of sp³-hybridized carbons (Fsp3) is 0.556. The van der Waals surface area contributed by atoms with Gasteiger partial charge in [-0.2, -0.15) is 0 Å². The lowest BCUT2D eigenvalue weighted by molar-refractivity contribution is -0.141. The molecule has 0 spiro atoms. The van der Waals surface area contributed by atoms with Gasteiger partial charge >= 0.3 is 17.9 Å². The number of hydrogen-bond acceptors (Lipinski definition) is 8. The number of aromatic nitrogens is 1. The van der Waals surface area contributed by atoms with Gasteiger partial charge in [-0.05, 0) is 26.3 Å². The number of nitrogens with one attached hydrogen (secondary N) is 1. The molecular weight excluding hydrogens is 388 g/mol. The van der Waals surface area contributed by atoms with Crippen molar-refractivity contribution >= 4 is 35.6 Å². The number of carbonyl (C=O) groups excluding carboxylic acids is 4. The molecule has 1 aliphatic rings. The smallest absolute Gasteiger partial charge is 0.355 e. The molecule has 1 atom stereocenters. The Bertz CT molecular complexity index is 774. The minimum Gasteiger partial charge on any atom is -0.468 e. The maximum absolute atomic E-state index is 12.4. The third kappa shape index (κ3) is 4.86. The van der Waals surface area contributed by atoms with Gasteiger partial charge in [0.25, 0.3) is 5.91 Å². The van der Waals surface area contributed by atoms with E-state index in [4.69, 9.17) is 14.2 Å². The standard InChI is InChI=1S/C18H24N2O7S/c1-5-26-18(24)15-10(2)14(11(3)19-15)17(23)27-9-13(21)20-6-7-28-12(8-20)16(22)25-4/h12,19H,5-9H2,1-4H3/t12-/m1/s1. The fourth-order valence-corrected chi connectivity index (χ4v) is 4.03. The van der Waals surface area contributed by atoms with E-state index in [0.717, 1.165) is 0 Å². The molecule has 0 radical (unpaired) electrons. The van der Waals surface area contributed by atoms with Crippen molar-refractivity contribution in [2.24, 2.45) is 0 Å². The highest BCUT2D eigenvalue weighted by Crippen LogP contribution is 2.21. The van der Waals surface area contributed by atoms with Crippen LogP contribution in [-0.4, -0.2) is 78.1 Å². The largest absolute Gasteiger partial charge is 0.468 e. The Labute approximate surface area is 167 Å². The Morgan fingerprint density at radius 1 is 1.18 bits per heavy atom. The summed E-state index contributed by atoms with van der Waals surface area (Å²) >= 11 is 1.43. The minimum absolute atomic E-state index is 0.187. The van der Waals surface area contributed by atoms with Crippen LogP contribution in [0.5, 0.6) is 0 Å². The van der Waals surface area contributed by atoms with Crippen molar-refractivity contribution in [2.75, 3.05) is 39.2 Å². The first-order valence-corrected chi connectivity index (χ1v) is 9.85. The highest BCUT2D eigenvalue weighted by molar-refractivity contribution is 8.00. The SMILES string of the molecule is CCOC(=O)c1[nH]c(C)c(C(=O)OCC(=O)N2CCS[C@@H](C(=O)OC)C2)c1C. The van der Waals surface area contributed by atoms with E-state index in [1.807, 2.05) is 0 Å². The number of carbonyl (C=O) groups is 4. The Morgan fingerprint density at radius 2 is 1.89 bits per heavy atom. The Kier molecular flexibility index (Phi) is 7.50. The van der Waals surface area contributed by atoms with Gasteiger partial charge in [0, 0.05) is 24.5 Å². The van der Waals surface area contributed by atoms with Crippen molar-refractivity contribution < 1.29 is 33.4 Å². The van der Waals surface area contributed by atoms with E-state index in [-0.39, 0.29) is 36.3 Å². The number of methoxy groups -OCH3 is 1. The molecule has 0 aliphatic carbocycles. The van der Waals surface area contributed by atoms with Gasteiger partial charge in [0.1, 0.15) is 10.9 Å². The lowest BCUT2D eigenvalue weighted by Gasteiger charge is -2.30. The molecule has 1 aromatic rings. The highest BCUT2D eigenvalue weighted by Gasteiger charge is 2.30. The molecule has 1 aliphatic heterocycles. The molecule has 1 N–H and O–H groups in total.